The summed E-state index contributed by atoms with van der Waals surface area (Å²) in [6, 6.07) is 3.51. The van der Waals surface area contributed by atoms with Crippen LogP contribution in [0.2, 0.25) is 0 Å². The second kappa shape index (κ2) is 13.5. The number of hydrogen-bond donors (Lipinski definition) is 1. The van der Waals surface area contributed by atoms with Crippen LogP contribution in [0, 0.1) is 20.8 Å². The second-order valence-corrected chi connectivity index (χ2v) is 12.1. The largest absolute Gasteiger partial charge is 0.493 e. The van der Waals surface area contributed by atoms with E-state index >= 15 is 0 Å². The van der Waals surface area contributed by atoms with Crippen molar-refractivity contribution in [3.63, 3.8) is 0 Å². The molecule has 2 aromatic rings. The molecule has 12 heteroatoms. The quantitative estimate of drug-likeness (QED) is 0.157. The third-order valence-corrected chi connectivity index (χ3v) is 8.48. The monoisotopic (exact) mass is 635 g/mol. The molecule has 0 saturated carbocycles. The SMILES string of the molecule is CCOC(=O)CCCCOc1c(C)c(C)c2c(c1C)CC[C@@](C)(COc1ccc(/C=C3/SC(=O)NC3=O)cc1C(F)(F)F)O2. The topological polar surface area (TPSA) is 100 Å². The van der Waals surface area contributed by atoms with Crippen LogP contribution < -0.4 is 19.5 Å². The zero-order valence-corrected chi connectivity index (χ0v) is 26.2. The predicted molar refractivity (Wildman–Crippen MR) is 160 cm³/mol. The summed E-state index contributed by atoms with van der Waals surface area (Å²) in [6.45, 7) is 10.1. The number of imide groups is 1. The molecule has 2 aromatic carbocycles. The molecule has 0 unspecified atom stereocenters. The molecule has 1 atom stereocenters. The molecule has 0 radical (unpaired) electrons. The first-order valence-electron chi connectivity index (χ1n) is 14.4. The van der Waals surface area contributed by atoms with Gasteiger partial charge in [-0.25, -0.2) is 0 Å². The number of hydrogen-bond acceptors (Lipinski definition) is 8. The van der Waals surface area contributed by atoms with Crippen LogP contribution in [0.15, 0.2) is 23.1 Å². The van der Waals surface area contributed by atoms with E-state index in [1.807, 2.05) is 27.7 Å². The fourth-order valence-corrected chi connectivity index (χ4v) is 5.85. The highest BCUT2D eigenvalue weighted by Crippen LogP contribution is 2.44. The van der Waals surface area contributed by atoms with Gasteiger partial charge in [0.2, 0.25) is 0 Å². The van der Waals surface area contributed by atoms with Gasteiger partial charge in [0.1, 0.15) is 29.5 Å². The van der Waals surface area contributed by atoms with Crippen LogP contribution in [0.3, 0.4) is 0 Å². The van der Waals surface area contributed by atoms with Crippen molar-refractivity contribution in [3.05, 3.63) is 56.5 Å². The van der Waals surface area contributed by atoms with E-state index in [1.54, 1.807) is 6.92 Å². The molecule has 0 bridgehead atoms. The molecule has 2 heterocycles. The number of nitrogens with one attached hydrogen (secondary N) is 1. The molecular weight excluding hydrogens is 599 g/mol. The van der Waals surface area contributed by atoms with Crippen molar-refractivity contribution in [1.29, 1.82) is 0 Å². The number of alkyl halides is 3. The molecule has 0 spiro atoms. The van der Waals surface area contributed by atoms with Gasteiger partial charge in [0.15, 0.2) is 0 Å². The van der Waals surface area contributed by atoms with E-state index in [9.17, 15) is 27.6 Å². The molecular formula is C32H36F3NO7S. The number of rotatable bonds is 11. The summed E-state index contributed by atoms with van der Waals surface area (Å²) >= 11 is 0.630. The van der Waals surface area contributed by atoms with Gasteiger partial charge < -0.3 is 18.9 Å². The Morgan fingerprint density at radius 2 is 1.86 bits per heavy atom. The van der Waals surface area contributed by atoms with Crippen molar-refractivity contribution < 1.29 is 46.5 Å². The van der Waals surface area contributed by atoms with Crippen molar-refractivity contribution in [3.8, 4) is 17.2 Å². The number of benzene rings is 2. The van der Waals surface area contributed by atoms with E-state index in [2.05, 4.69) is 5.32 Å². The lowest BCUT2D eigenvalue weighted by Gasteiger charge is -2.38. The summed E-state index contributed by atoms with van der Waals surface area (Å²) in [5.41, 5.74) is 1.98. The van der Waals surface area contributed by atoms with Gasteiger partial charge in [-0.15, -0.1) is 0 Å². The van der Waals surface area contributed by atoms with Gasteiger partial charge in [0.25, 0.3) is 11.1 Å². The Balaban J connectivity index is 1.46. The molecule has 8 nitrogen and oxygen atoms in total. The number of amides is 2. The number of fused-ring (bicyclic) bond motifs is 1. The maximum Gasteiger partial charge on any atom is 0.419 e. The average molecular weight is 636 g/mol. The number of halogens is 3. The summed E-state index contributed by atoms with van der Waals surface area (Å²) in [5.74, 6) is 0.244. The lowest BCUT2D eigenvalue weighted by atomic mass is 9.87. The predicted octanol–water partition coefficient (Wildman–Crippen LogP) is 7.23. The first-order chi connectivity index (χ1) is 20.7. The molecule has 238 valence electrons. The Kier molecular flexibility index (Phi) is 10.2. The van der Waals surface area contributed by atoms with E-state index in [-0.39, 0.29) is 28.8 Å². The van der Waals surface area contributed by atoms with Gasteiger partial charge in [-0.05, 0) is 113 Å². The zero-order valence-electron chi connectivity index (χ0n) is 25.4. The van der Waals surface area contributed by atoms with Gasteiger partial charge in [0, 0.05) is 12.0 Å². The van der Waals surface area contributed by atoms with Crippen LogP contribution >= 0.6 is 11.8 Å². The molecule has 2 aliphatic heterocycles. The first-order valence-corrected chi connectivity index (χ1v) is 15.2. The van der Waals surface area contributed by atoms with Gasteiger partial charge >= 0.3 is 12.1 Å². The Morgan fingerprint density at radius 1 is 1.11 bits per heavy atom. The number of unbranched alkanes of at least 4 members (excludes halogenated alkanes) is 1. The first kappa shape index (κ1) is 33.2. The van der Waals surface area contributed by atoms with E-state index in [0.29, 0.717) is 62.8 Å². The zero-order chi connectivity index (χ0) is 32.2. The molecule has 1 saturated heterocycles. The van der Waals surface area contributed by atoms with Crippen molar-refractivity contribution in [1.82, 2.24) is 5.32 Å². The highest BCUT2D eigenvalue weighted by atomic mass is 32.2. The smallest absolute Gasteiger partial charge is 0.419 e. The minimum atomic E-state index is -4.72. The summed E-state index contributed by atoms with van der Waals surface area (Å²) in [6.07, 6.45) is -0.638. The molecule has 2 aliphatic rings. The number of carbonyl (C=O) groups excluding carboxylic acids is 3. The van der Waals surface area contributed by atoms with Crippen LogP contribution in [0.25, 0.3) is 6.08 Å². The Hall–Kier alpha value is -3.67. The van der Waals surface area contributed by atoms with E-state index in [0.717, 1.165) is 34.1 Å². The van der Waals surface area contributed by atoms with Crippen molar-refractivity contribution in [2.75, 3.05) is 19.8 Å². The summed E-state index contributed by atoms with van der Waals surface area (Å²) in [5, 5.41) is 1.50. The summed E-state index contributed by atoms with van der Waals surface area (Å²) < 4.78 is 65.3. The van der Waals surface area contributed by atoms with Gasteiger partial charge in [0.05, 0.1) is 23.7 Å². The van der Waals surface area contributed by atoms with Crippen LogP contribution in [0.5, 0.6) is 17.2 Å². The number of carbonyl (C=O) groups is 3. The van der Waals surface area contributed by atoms with Crippen LogP contribution in [0.4, 0.5) is 18.0 Å². The summed E-state index contributed by atoms with van der Waals surface area (Å²) in [4.78, 5) is 34.8. The Labute approximate surface area is 258 Å². The normalized spacial score (nSPS) is 19.0. The highest BCUT2D eigenvalue weighted by molar-refractivity contribution is 8.18. The standard InChI is InChI=1S/C32H36F3NO7S/c1-6-40-26(37)9-7-8-14-41-27-18(2)19(3)28-22(20(27)4)12-13-31(5,43-28)17-42-24-11-10-21(15-23(24)32(33,34)35)16-25-29(38)36-30(39)44-25/h10-11,15-16H,6-9,12-14,17H2,1-5H3,(H,36,38,39)/b25-16+/t31-/m0/s1. The lowest BCUT2D eigenvalue weighted by molar-refractivity contribution is -0.143. The molecule has 2 amide bonds. The van der Waals surface area contributed by atoms with Crippen molar-refractivity contribution in [2.45, 2.75) is 78.5 Å². The maximum absolute atomic E-state index is 14.0. The highest BCUT2D eigenvalue weighted by Gasteiger charge is 2.38. The molecule has 0 aliphatic carbocycles. The molecule has 1 fully saturated rings. The van der Waals surface area contributed by atoms with Crippen molar-refractivity contribution >= 4 is 35.0 Å². The molecule has 1 N–H and O–H groups in total. The lowest BCUT2D eigenvalue weighted by Crippen LogP contribution is -2.42. The Bertz CT molecular complexity index is 1490. The van der Waals surface area contributed by atoms with Crippen LogP contribution in [-0.2, 0) is 26.9 Å². The number of ether oxygens (including phenoxy) is 4. The fourth-order valence-electron chi connectivity index (χ4n) is 5.17. The van der Waals surface area contributed by atoms with Crippen molar-refractivity contribution in [2.24, 2.45) is 0 Å². The molecule has 0 aromatic heterocycles. The van der Waals surface area contributed by atoms with Gasteiger partial charge in [-0.3, -0.25) is 19.7 Å². The van der Waals surface area contributed by atoms with Crippen LogP contribution in [-0.4, -0.2) is 42.5 Å². The maximum atomic E-state index is 14.0. The van der Waals surface area contributed by atoms with Crippen LogP contribution in [0.1, 0.15) is 72.9 Å². The number of esters is 1. The average Bonchev–Trinajstić information content (AvgIpc) is 3.28. The fraction of sp³-hybridized carbons (Fsp3) is 0.469. The van der Waals surface area contributed by atoms with E-state index in [1.165, 1.54) is 18.2 Å². The molecule has 4 rings (SSSR count). The number of thioether (sulfide) groups is 1. The van der Waals surface area contributed by atoms with E-state index < -0.39 is 28.5 Å². The van der Waals surface area contributed by atoms with E-state index in [4.69, 9.17) is 18.9 Å². The third-order valence-electron chi connectivity index (χ3n) is 7.67. The third kappa shape index (κ3) is 7.69. The molecule has 44 heavy (non-hydrogen) atoms. The Morgan fingerprint density at radius 3 is 2.52 bits per heavy atom. The summed E-state index contributed by atoms with van der Waals surface area (Å²) in [7, 11) is 0. The second-order valence-electron chi connectivity index (χ2n) is 11.1. The van der Waals surface area contributed by atoms with Gasteiger partial charge in [-0.2, -0.15) is 13.2 Å². The van der Waals surface area contributed by atoms with Gasteiger partial charge in [-0.1, -0.05) is 6.07 Å². The minimum absolute atomic E-state index is 0.0158. The minimum Gasteiger partial charge on any atom is -0.493 e.